The average molecular weight is 523 g/mol. The van der Waals surface area contributed by atoms with E-state index >= 15 is 0 Å². The van der Waals surface area contributed by atoms with Crippen molar-refractivity contribution in [2.75, 3.05) is 6.61 Å². The quantitative estimate of drug-likeness (QED) is 0.293. The van der Waals surface area contributed by atoms with Gasteiger partial charge in [-0.05, 0) is 72.2 Å². The molecule has 1 fully saturated rings. The molecule has 37 heavy (non-hydrogen) atoms. The van der Waals surface area contributed by atoms with Gasteiger partial charge in [-0.2, -0.15) is 13.2 Å². The third kappa shape index (κ3) is 6.42. The summed E-state index contributed by atoms with van der Waals surface area (Å²) in [6.07, 6.45) is -0.954. The van der Waals surface area contributed by atoms with Crippen LogP contribution in [0.25, 0.3) is 28.3 Å². The first kappa shape index (κ1) is 26.9. The second-order valence-electron chi connectivity index (χ2n) is 9.22. The highest BCUT2D eigenvalue weighted by atomic mass is 19.4. The van der Waals surface area contributed by atoms with Gasteiger partial charge in [0.15, 0.2) is 0 Å². The lowest BCUT2D eigenvalue weighted by atomic mass is 9.91. The number of benzene rings is 3. The van der Waals surface area contributed by atoms with Crippen LogP contribution < -0.4 is 0 Å². The average Bonchev–Trinajstić information content (AvgIpc) is 2.83. The Morgan fingerprint density at radius 3 is 2.00 bits per heavy atom. The van der Waals surface area contributed by atoms with Gasteiger partial charge < -0.3 is 4.74 Å². The molecule has 4 rings (SSSR count). The first-order chi connectivity index (χ1) is 17.6. The number of halogens is 7. The number of allylic oxidation sites excluding steroid dienone is 1. The van der Waals surface area contributed by atoms with E-state index in [9.17, 15) is 30.7 Å². The Morgan fingerprint density at radius 2 is 1.43 bits per heavy atom. The zero-order chi connectivity index (χ0) is 26.7. The molecular weight excluding hydrogens is 497 g/mol. The van der Waals surface area contributed by atoms with Crippen molar-refractivity contribution in [3.63, 3.8) is 0 Å². The van der Waals surface area contributed by atoms with Gasteiger partial charge in [-0.15, -0.1) is 0 Å². The predicted molar refractivity (Wildman–Crippen MR) is 129 cm³/mol. The van der Waals surface area contributed by atoms with Crippen LogP contribution in [-0.2, 0) is 4.74 Å². The molecule has 1 heterocycles. The van der Waals surface area contributed by atoms with Crippen molar-refractivity contribution in [3.8, 4) is 22.3 Å². The van der Waals surface area contributed by atoms with E-state index in [0.717, 1.165) is 43.9 Å². The first-order valence-electron chi connectivity index (χ1n) is 12.0. The Morgan fingerprint density at radius 1 is 0.811 bits per heavy atom. The molecule has 3 aromatic carbocycles. The van der Waals surface area contributed by atoms with E-state index < -0.39 is 35.0 Å². The van der Waals surface area contributed by atoms with Gasteiger partial charge in [0.2, 0.25) is 0 Å². The molecule has 1 nitrogen and oxygen atoms in total. The predicted octanol–water partition coefficient (Wildman–Crippen LogP) is 9.42. The van der Waals surface area contributed by atoms with Gasteiger partial charge in [-0.25, -0.2) is 17.6 Å². The fourth-order valence-electron chi connectivity index (χ4n) is 4.66. The molecule has 0 saturated carbocycles. The summed E-state index contributed by atoms with van der Waals surface area (Å²) in [6.45, 7) is 2.76. The lowest BCUT2D eigenvalue weighted by Crippen LogP contribution is -2.20. The number of rotatable bonds is 6. The molecule has 196 valence electrons. The van der Waals surface area contributed by atoms with Crippen molar-refractivity contribution in [1.29, 1.82) is 0 Å². The van der Waals surface area contributed by atoms with Crippen LogP contribution in [0.2, 0.25) is 0 Å². The SMILES string of the molecule is CCCC1CCC(c2ccc(-c3ccc(-c4cc(F)c(/C=C/C(F)(F)F)c(F)c4)c(F)c3)c(F)c2)OC1. The lowest BCUT2D eigenvalue weighted by Gasteiger charge is -2.29. The third-order valence-corrected chi connectivity index (χ3v) is 6.54. The van der Waals surface area contributed by atoms with E-state index in [1.807, 2.05) is 0 Å². The summed E-state index contributed by atoms with van der Waals surface area (Å²) in [4.78, 5) is 0. The molecule has 1 saturated heterocycles. The van der Waals surface area contributed by atoms with Gasteiger partial charge in [0, 0.05) is 22.8 Å². The van der Waals surface area contributed by atoms with E-state index in [4.69, 9.17) is 4.74 Å². The van der Waals surface area contributed by atoms with Crippen molar-refractivity contribution < 1.29 is 35.5 Å². The summed E-state index contributed by atoms with van der Waals surface area (Å²) in [5, 5.41) is 0. The van der Waals surface area contributed by atoms with E-state index in [0.29, 0.717) is 18.1 Å². The van der Waals surface area contributed by atoms with Crippen molar-refractivity contribution in [2.24, 2.45) is 5.92 Å². The van der Waals surface area contributed by atoms with Crippen LogP contribution in [0.5, 0.6) is 0 Å². The molecule has 0 N–H and O–H groups in total. The highest BCUT2D eigenvalue weighted by Gasteiger charge is 2.24. The highest BCUT2D eigenvalue weighted by molar-refractivity contribution is 5.72. The summed E-state index contributed by atoms with van der Waals surface area (Å²) in [6, 6.07) is 9.88. The zero-order valence-electron chi connectivity index (χ0n) is 20.0. The normalized spacial score (nSPS) is 18.5. The molecule has 1 aliphatic heterocycles. The minimum absolute atomic E-state index is 0.152. The largest absolute Gasteiger partial charge is 0.409 e. The van der Waals surface area contributed by atoms with Crippen LogP contribution in [0.3, 0.4) is 0 Å². The molecule has 0 radical (unpaired) electrons. The van der Waals surface area contributed by atoms with E-state index in [1.165, 1.54) is 18.2 Å². The fourth-order valence-corrected chi connectivity index (χ4v) is 4.66. The minimum Gasteiger partial charge on any atom is -0.373 e. The summed E-state index contributed by atoms with van der Waals surface area (Å²) in [5.41, 5.74) is -0.179. The van der Waals surface area contributed by atoms with E-state index in [2.05, 4.69) is 6.92 Å². The Hall–Kier alpha value is -3.13. The summed E-state index contributed by atoms with van der Waals surface area (Å²) in [5.74, 6) is -3.45. The molecule has 1 aliphatic rings. The molecule has 0 aromatic heterocycles. The van der Waals surface area contributed by atoms with Gasteiger partial charge in [0.05, 0.1) is 12.7 Å². The number of ether oxygens (including phenoxy) is 1. The number of alkyl halides is 3. The molecule has 2 atom stereocenters. The van der Waals surface area contributed by atoms with Crippen LogP contribution in [0, 0.1) is 29.2 Å². The highest BCUT2D eigenvalue weighted by Crippen LogP contribution is 2.36. The van der Waals surface area contributed by atoms with Gasteiger partial charge >= 0.3 is 6.18 Å². The van der Waals surface area contributed by atoms with Crippen LogP contribution in [-0.4, -0.2) is 12.8 Å². The zero-order valence-corrected chi connectivity index (χ0v) is 20.0. The van der Waals surface area contributed by atoms with E-state index in [-0.39, 0.29) is 40.5 Å². The Bertz CT molecular complexity index is 1260. The van der Waals surface area contributed by atoms with Crippen molar-refractivity contribution in [3.05, 3.63) is 89.0 Å². The maximum Gasteiger partial charge on any atom is 0.409 e. The van der Waals surface area contributed by atoms with Crippen LogP contribution in [0.1, 0.15) is 49.8 Å². The summed E-state index contributed by atoms with van der Waals surface area (Å²) < 4.78 is 102. The summed E-state index contributed by atoms with van der Waals surface area (Å²) >= 11 is 0. The number of hydrogen-bond acceptors (Lipinski definition) is 1. The second kappa shape index (κ2) is 11.1. The lowest BCUT2D eigenvalue weighted by molar-refractivity contribution is -0.0790. The minimum atomic E-state index is -4.74. The van der Waals surface area contributed by atoms with Crippen LogP contribution in [0.15, 0.2) is 54.6 Å². The summed E-state index contributed by atoms with van der Waals surface area (Å²) in [7, 11) is 0. The van der Waals surface area contributed by atoms with Crippen LogP contribution >= 0.6 is 0 Å². The molecule has 0 bridgehead atoms. The molecular formula is C29H25F7O. The van der Waals surface area contributed by atoms with Gasteiger partial charge in [-0.3, -0.25) is 0 Å². The van der Waals surface area contributed by atoms with Crippen molar-refractivity contribution >= 4 is 6.08 Å². The maximum atomic E-state index is 15.0. The van der Waals surface area contributed by atoms with Crippen molar-refractivity contribution in [1.82, 2.24) is 0 Å². The molecule has 0 spiro atoms. The standard InChI is InChI=1S/C29H25F7O/c1-2-3-17-4-9-28(37-16-17)19-6-8-21(25(31)13-19)18-5-7-22(24(30)12-18)20-14-26(32)23(27(33)15-20)10-11-29(34,35)36/h5-8,10-15,17,28H,2-4,9,16H2,1H3/b11-10+. The van der Waals surface area contributed by atoms with Gasteiger partial charge in [0.1, 0.15) is 23.3 Å². The Kier molecular flexibility index (Phi) is 8.07. The van der Waals surface area contributed by atoms with Crippen LogP contribution in [0.4, 0.5) is 30.7 Å². The van der Waals surface area contributed by atoms with E-state index in [1.54, 1.807) is 12.1 Å². The van der Waals surface area contributed by atoms with Crippen molar-refractivity contribution in [2.45, 2.75) is 44.9 Å². The molecule has 8 heteroatoms. The smallest absolute Gasteiger partial charge is 0.373 e. The molecule has 0 amide bonds. The Balaban J connectivity index is 1.55. The molecule has 2 unspecified atom stereocenters. The fraction of sp³-hybridized carbons (Fsp3) is 0.310. The monoisotopic (exact) mass is 522 g/mol. The number of hydrogen-bond donors (Lipinski definition) is 0. The van der Waals surface area contributed by atoms with Gasteiger partial charge in [0.25, 0.3) is 0 Å². The topological polar surface area (TPSA) is 9.23 Å². The Labute approximate surface area is 210 Å². The third-order valence-electron chi connectivity index (χ3n) is 6.54. The second-order valence-corrected chi connectivity index (χ2v) is 9.22. The molecule has 3 aromatic rings. The van der Waals surface area contributed by atoms with Gasteiger partial charge in [-0.1, -0.05) is 37.6 Å². The first-order valence-corrected chi connectivity index (χ1v) is 12.0. The molecule has 0 aliphatic carbocycles. The maximum absolute atomic E-state index is 15.0.